The zero-order valence-corrected chi connectivity index (χ0v) is 13.4. The van der Waals surface area contributed by atoms with E-state index in [-0.39, 0.29) is 5.12 Å². The fourth-order valence-corrected chi connectivity index (χ4v) is 3.02. The molecule has 0 radical (unpaired) electrons. The maximum atomic E-state index is 12.1. The molecule has 0 aliphatic carbocycles. The second-order valence-electron chi connectivity index (χ2n) is 4.23. The number of rotatable bonds is 5. The van der Waals surface area contributed by atoms with Crippen LogP contribution in [0.4, 0.5) is 0 Å². The SMILES string of the molecule is C=CCN1C(=S)SC(=O)C1=Cc1cc(OC)cc(OC)c1. The summed E-state index contributed by atoms with van der Waals surface area (Å²) in [6.07, 6.45) is 3.49. The van der Waals surface area contributed by atoms with Gasteiger partial charge in [0.1, 0.15) is 15.8 Å². The first kappa shape index (κ1) is 15.6. The summed E-state index contributed by atoms with van der Waals surface area (Å²) >= 11 is 6.26. The van der Waals surface area contributed by atoms with Crippen LogP contribution in [-0.4, -0.2) is 35.1 Å². The molecule has 0 aromatic heterocycles. The van der Waals surface area contributed by atoms with Gasteiger partial charge in [0, 0.05) is 12.6 Å². The van der Waals surface area contributed by atoms with Crippen molar-refractivity contribution < 1.29 is 14.3 Å². The zero-order chi connectivity index (χ0) is 15.4. The average molecular weight is 321 g/mol. The minimum atomic E-state index is -0.0661. The van der Waals surface area contributed by atoms with Crippen molar-refractivity contribution in [3.05, 3.63) is 42.1 Å². The molecule has 0 saturated carbocycles. The van der Waals surface area contributed by atoms with Crippen molar-refractivity contribution in [2.45, 2.75) is 0 Å². The number of ether oxygens (including phenoxy) is 2. The molecule has 21 heavy (non-hydrogen) atoms. The number of nitrogens with zero attached hydrogens (tertiary/aromatic N) is 1. The summed E-state index contributed by atoms with van der Waals surface area (Å²) in [6, 6.07) is 5.45. The fraction of sp³-hybridized carbons (Fsp3) is 0.200. The van der Waals surface area contributed by atoms with Gasteiger partial charge in [-0.1, -0.05) is 18.3 Å². The third kappa shape index (κ3) is 3.46. The van der Waals surface area contributed by atoms with Crippen molar-refractivity contribution in [3.8, 4) is 11.5 Å². The third-order valence-electron chi connectivity index (χ3n) is 2.89. The molecular weight excluding hydrogens is 306 g/mol. The molecule has 0 unspecified atom stereocenters. The minimum absolute atomic E-state index is 0.0661. The van der Waals surface area contributed by atoms with E-state index in [0.29, 0.717) is 28.1 Å². The lowest BCUT2D eigenvalue weighted by Crippen LogP contribution is -2.21. The molecule has 2 rings (SSSR count). The molecule has 0 bridgehead atoms. The highest BCUT2D eigenvalue weighted by atomic mass is 32.2. The summed E-state index contributed by atoms with van der Waals surface area (Å²) in [5.74, 6) is 1.33. The molecule has 6 heteroatoms. The largest absolute Gasteiger partial charge is 0.497 e. The van der Waals surface area contributed by atoms with Crippen molar-refractivity contribution >= 4 is 39.5 Å². The van der Waals surface area contributed by atoms with E-state index < -0.39 is 0 Å². The summed E-state index contributed by atoms with van der Waals surface area (Å²) in [7, 11) is 3.17. The van der Waals surface area contributed by atoms with Gasteiger partial charge in [0.2, 0.25) is 5.12 Å². The van der Waals surface area contributed by atoms with Gasteiger partial charge in [-0.2, -0.15) is 0 Å². The highest BCUT2D eigenvalue weighted by molar-refractivity contribution is 8.33. The van der Waals surface area contributed by atoms with Crippen LogP contribution in [0.2, 0.25) is 0 Å². The minimum Gasteiger partial charge on any atom is -0.497 e. The van der Waals surface area contributed by atoms with Gasteiger partial charge in [-0.05, 0) is 35.5 Å². The average Bonchev–Trinajstić information content (AvgIpc) is 2.74. The van der Waals surface area contributed by atoms with Gasteiger partial charge in [-0.15, -0.1) is 6.58 Å². The van der Waals surface area contributed by atoms with E-state index in [4.69, 9.17) is 21.7 Å². The molecule has 0 atom stereocenters. The van der Waals surface area contributed by atoms with Crippen molar-refractivity contribution in [1.29, 1.82) is 0 Å². The second-order valence-corrected chi connectivity index (χ2v) is 5.84. The lowest BCUT2D eigenvalue weighted by Gasteiger charge is -2.15. The summed E-state index contributed by atoms with van der Waals surface area (Å²) in [4.78, 5) is 13.8. The molecule has 4 nitrogen and oxygen atoms in total. The molecular formula is C15H15NO3S2. The van der Waals surface area contributed by atoms with Crippen LogP contribution in [0.3, 0.4) is 0 Å². The molecule has 0 amide bonds. The van der Waals surface area contributed by atoms with Crippen LogP contribution in [0.1, 0.15) is 5.56 Å². The number of hydrogen-bond donors (Lipinski definition) is 0. The van der Waals surface area contributed by atoms with Gasteiger partial charge in [0.15, 0.2) is 0 Å². The van der Waals surface area contributed by atoms with Crippen LogP contribution in [-0.2, 0) is 4.79 Å². The Bertz CT molecular complexity index is 603. The van der Waals surface area contributed by atoms with Crippen molar-refractivity contribution in [3.63, 3.8) is 0 Å². The maximum absolute atomic E-state index is 12.1. The molecule has 1 aromatic rings. The number of thiocarbonyl (C=S) groups is 1. The topological polar surface area (TPSA) is 38.8 Å². The predicted octanol–water partition coefficient (Wildman–Crippen LogP) is 3.09. The Labute approximate surface area is 133 Å². The number of benzene rings is 1. The first-order chi connectivity index (χ1) is 10.1. The Balaban J connectivity index is 2.43. The fourth-order valence-electron chi connectivity index (χ4n) is 1.90. The van der Waals surface area contributed by atoms with Crippen LogP contribution in [0.25, 0.3) is 6.08 Å². The molecule has 1 aliphatic rings. The Morgan fingerprint density at radius 3 is 2.43 bits per heavy atom. The van der Waals surface area contributed by atoms with E-state index in [1.807, 2.05) is 12.1 Å². The molecule has 110 valence electrons. The molecule has 1 aliphatic heterocycles. The summed E-state index contributed by atoms with van der Waals surface area (Å²) in [5.41, 5.74) is 1.36. The molecule has 0 N–H and O–H groups in total. The van der Waals surface area contributed by atoms with Gasteiger partial charge < -0.3 is 14.4 Å². The number of thioether (sulfide) groups is 1. The summed E-state index contributed by atoms with van der Waals surface area (Å²) in [5, 5.41) is -0.0661. The van der Waals surface area contributed by atoms with Crippen molar-refractivity contribution in [2.24, 2.45) is 0 Å². The van der Waals surface area contributed by atoms with E-state index in [2.05, 4.69) is 6.58 Å². The lowest BCUT2D eigenvalue weighted by atomic mass is 10.1. The standard InChI is InChI=1S/C15H15NO3S2/c1-4-5-16-13(14(17)21-15(16)20)8-10-6-11(18-2)9-12(7-10)19-3/h4,6-9H,1,5H2,2-3H3. The first-order valence-electron chi connectivity index (χ1n) is 6.18. The molecule has 1 heterocycles. The Morgan fingerprint density at radius 1 is 1.29 bits per heavy atom. The van der Waals surface area contributed by atoms with Crippen LogP contribution in [0.5, 0.6) is 11.5 Å². The van der Waals surface area contributed by atoms with E-state index in [1.54, 1.807) is 37.3 Å². The Morgan fingerprint density at radius 2 is 1.90 bits per heavy atom. The smallest absolute Gasteiger partial charge is 0.242 e. The van der Waals surface area contributed by atoms with Gasteiger partial charge in [-0.3, -0.25) is 4.79 Å². The van der Waals surface area contributed by atoms with Gasteiger partial charge in [0.25, 0.3) is 0 Å². The highest BCUT2D eigenvalue weighted by Crippen LogP contribution is 2.32. The molecule has 1 saturated heterocycles. The van der Waals surface area contributed by atoms with E-state index >= 15 is 0 Å². The maximum Gasteiger partial charge on any atom is 0.242 e. The quantitative estimate of drug-likeness (QED) is 0.471. The number of carbonyl (C=O) groups is 1. The number of hydrogen-bond acceptors (Lipinski definition) is 5. The van der Waals surface area contributed by atoms with Gasteiger partial charge in [-0.25, -0.2) is 0 Å². The van der Waals surface area contributed by atoms with E-state index in [1.165, 1.54) is 0 Å². The van der Waals surface area contributed by atoms with E-state index in [0.717, 1.165) is 17.3 Å². The lowest BCUT2D eigenvalue weighted by molar-refractivity contribution is -0.108. The first-order valence-corrected chi connectivity index (χ1v) is 7.41. The van der Waals surface area contributed by atoms with Crippen molar-refractivity contribution in [2.75, 3.05) is 20.8 Å². The third-order valence-corrected chi connectivity index (χ3v) is 4.15. The van der Waals surface area contributed by atoms with Gasteiger partial charge >= 0.3 is 0 Å². The summed E-state index contributed by atoms with van der Waals surface area (Å²) < 4.78 is 11.0. The van der Waals surface area contributed by atoms with Crippen LogP contribution < -0.4 is 9.47 Å². The van der Waals surface area contributed by atoms with Crippen molar-refractivity contribution in [1.82, 2.24) is 4.90 Å². The Kier molecular flexibility index (Phi) is 5.03. The Hall–Kier alpha value is -1.79. The molecule has 0 spiro atoms. The van der Waals surface area contributed by atoms with Crippen LogP contribution in [0, 0.1) is 0 Å². The number of methoxy groups -OCH3 is 2. The zero-order valence-electron chi connectivity index (χ0n) is 11.8. The summed E-state index contributed by atoms with van der Waals surface area (Å²) in [6.45, 7) is 4.20. The van der Waals surface area contributed by atoms with Crippen LogP contribution in [0.15, 0.2) is 36.6 Å². The highest BCUT2D eigenvalue weighted by Gasteiger charge is 2.30. The second kappa shape index (κ2) is 6.78. The monoisotopic (exact) mass is 321 g/mol. The van der Waals surface area contributed by atoms with E-state index in [9.17, 15) is 4.79 Å². The van der Waals surface area contributed by atoms with Crippen LogP contribution >= 0.6 is 24.0 Å². The predicted molar refractivity (Wildman–Crippen MR) is 89.6 cm³/mol. The normalized spacial score (nSPS) is 16.5. The van der Waals surface area contributed by atoms with Gasteiger partial charge in [0.05, 0.1) is 19.9 Å². The molecule has 1 aromatic carbocycles. The molecule has 1 fully saturated rings. The number of carbonyl (C=O) groups excluding carboxylic acids is 1.